The number of thiophene rings is 1. The fourth-order valence-corrected chi connectivity index (χ4v) is 5.56. The Morgan fingerprint density at radius 2 is 2.45 bits per heavy atom. The molecule has 1 aliphatic carbocycles. The fourth-order valence-electron chi connectivity index (χ4n) is 3.45. The maximum absolute atomic E-state index is 4.90. The van der Waals surface area contributed by atoms with Crippen LogP contribution in [0.1, 0.15) is 44.4 Å². The molecule has 1 spiro atoms. The molecule has 1 N–H and O–H groups in total. The number of hydrogen-bond acceptors (Lipinski definition) is 3. The highest BCUT2D eigenvalue weighted by atomic mass is 32.2. The first-order valence-corrected chi connectivity index (χ1v) is 9.53. The van der Waals surface area contributed by atoms with Gasteiger partial charge in [-0.3, -0.25) is 4.99 Å². The van der Waals surface area contributed by atoms with E-state index in [1.165, 1.54) is 41.5 Å². The van der Waals surface area contributed by atoms with Crippen LogP contribution in [0.5, 0.6) is 0 Å². The molecule has 3 unspecified atom stereocenters. The van der Waals surface area contributed by atoms with Gasteiger partial charge in [-0.1, -0.05) is 37.6 Å². The molecule has 3 rings (SSSR count). The number of aliphatic imine (C=N–C) groups is 1. The summed E-state index contributed by atoms with van der Waals surface area (Å²) < 4.78 is 0. The van der Waals surface area contributed by atoms with Crippen molar-refractivity contribution in [3.63, 3.8) is 0 Å². The molecular formula is C16H24N2S2. The maximum Gasteiger partial charge on any atom is 0.157 e. The van der Waals surface area contributed by atoms with Crippen LogP contribution in [-0.4, -0.2) is 22.5 Å². The summed E-state index contributed by atoms with van der Waals surface area (Å²) in [5, 5.41) is 7.10. The van der Waals surface area contributed by atoms with Crippen LogP contribution in [0.2, 0.25) is 0 Å². The topological polar surface area (TPSA) is 24.4 Å². The number of amidine groups is 1. The van der Waals surface area contributed by atoms with Gasteiger partial charge in [0, 0.05) is 22.6 Å². The van der Waals surface area contributed by atoms with E-state index in [4.69, 9.17) is 4.99 Å². The monoisotopic (exact) mass is 308 g/mol. The Morgan fingerprint density at radius 1 is 1.55 bits per heavy atom. The summed E-state index contributed by atoms with van der Waals surface area (Å²) in [6.07, 6.45) is 6.47. The van der Waals surface area contributed by atoms with Crippen LogP contribution < -0.4 is 5.32 Å². The molecule has 1 aromatic rings. The molecular weight excluding hydrogens is 284 g/mol. The molecule has 3 atom stereocenters. The van der Waals surface area contributed by atoms with Crippen molar-refractivity contribution in [3.05, 3.63) is 22.4 Å². The molecule has 2 nitrogen and oxygen atoms in total. The molecule has 1 aromatic heterocycles. The molecule has 2 aliphatic rings. The van der Waals surface area contributed by atoms with Gasteiger partial charge in [-0.2, -0.15) is 0 Å². The van der Waals surface area contributed by atoms with Gasteiger partial charge in [-0.05, 0) is 37.1 Å². The van der Waals surface area contributed by atoms with Gasteiger partial charge < -0.3 is 5.32 Å². The van der Waals surface area contributed by atoms with E-state index in [1.807, 2.05) is 23.1 Å². The van der Waals surface area contributed by atoms with Crippen LogP contribution in [0.15, 0.2) is 22.5 Å². The van der Waals surface area contributed by atoms with Crippen LogP contribution in [0.3, 0.4) is 0 Å². The quantitative estimate of drug-likeness (QED) is 0.899. The molecule has 1 saturated carbocycles. The van der Waals surface area contributed by atoms with Gasteiger partial charge in [0.1, 0.15) is 0 Å². The third kappa shape index (κ3) is 3.40. The summed E-state index contributed by atoms with van der Waals surface area (Å²) >= 11 is 3.77. The fraction of sp³-hybridized carbons (Fsp3) is 0.688. The SMILES string of the molecule is CC1CCCC2(CSC(=NC(C)Cc3cccs3)N2)C1. The van der Waals surface area contributed by atoms with Crippen molar-refractivity contribution in [2.75, 3.05) is 5.75 Å². The number of rotatable bonds is 3. The third-order valence-electron chi connectivity index (χ3n) is 4.36. The third-order valence-corrected chi connectivity index (χ3v) is 6.44. The molecule has 2 heterocycles. The normalized spacial score (nSPS) is 33.5. The van der Waals surface area contributed by atoms with Crippen LogP contribution in [0.4, 0.5) is 0 Å². The standard InChI is InChI=1S/C16H24N2S2/c1-12-5-3-7-16(10-12)11-20-15(18-16)17-13(2)9-14-6-4-8-19-14/h4,6,8,12-13H,3,5,7,9-11H2,1-2H3,(H,17,18). The molecule has 0 aromatic carbocycles. The van der Waals surface area contributed by atoms with E-state index in [1.54, 1.807) is 0 Å². The summed E-state index contributed by atoms with van der Waals surface area (Å²) in [7, 11) is 0. The minimum atomic E-state index is 0.351. The van der Waals surface area contributed by atoms with Crippen LogP contribution in [-0.2, 0) is 6.42 Å². The van der Waals surface area contributed by atoms with Gasteiger partial charge in [-0.25, -0.2) is 0 Å². The van der Waals surface area contributed by atoms with Crippen LogP contribution in [0.25, 0.3) is 0 Å². The van der Waals surface area contributed by atoms with Gasteiger partial charge in [0.05, 0.1) is 6.04 Å². The minimum Gasteiger partial charge on any atom is -0.359 e. The summed E-state index contributed by atoms with van der Waals surface area (Å²) in [5.74, 6) is 2.07. The number of hydrogen-bond donors (Lipinski definition) is 1. The smallest absolute Gasteiger partial charge is 0.157 e. The lowest BCUT2D eigenvalue weighted by Gasteiger charge is -2.36. The van der Waals surface area contributed by atoms with Crippen molar-refractivity contribution < 1.29 is 0 Å². The summed E-state index contributed by atoms with van der Waals surface area (Å²) in [5.41, 5.74) is 0.351. The average molecular weight is 309 g/mol. The zero-order valence-corrected chi connectivity index (χ0v) is 14.0. The Labute approximate surface area is 130 Å². The predicted octanol–water partition coefficient (Wildman–Crippen LogP) is 4.32. The minimum absolute atomic E-state index is 0.351. The molecule has 0 bridgehead atoms. The number of nitrogens with zero attached hydrogens (tertiary/aromatic N) is 1. The van der Waals surface area contributed by atoms with Gasteiger partial charge >= 0.3 is 0 Å². The summed E-state index contributed by atoms with van der Waals surface area (Å²) in [6.45, 7) is 4.62. The Bertz CT molecular complexity index is 469. The molecule has 110 valence electrons. The highest BCUT2D eigenvalue weighted by Gasteiger charge is 2.40. The van der Waals surface area contributed by atoms with Crippen molar-refractivity contribution >= 4 is 28.3 Å². The van der Waals surface area contributed by atoms with E-state index < -0.39 is 0 Å². The second-order valence-corrected chi connectivity index (χ2v) is 8.46. The average Bonchev–Trinajstić information content (AvgIpc) is 3.00. The zero-order valence-electron chi connectivity index (χ0n) is 12.4. The highest BCUT2D eigenvalue weighted by Crippen LogP contribution is 2.38. The Balaban J connectivity index is 1.60. The molecule has 4 heteroatoms. The van der Waals surface area contributed by atoms with Crippen molar-refractivity contribution in [1.82, 2.24) is 5.32 Å². The lowest BCUT2D eigenvalue weighted by atomic mass is 9.78. The first-order valence-electron chi connectivity index (χ1n) is 7.66. The first-order chi connectivity index (χ1) is 9.65. The van der Waals surface area contributed by atoms with Gasteiger partial charge in [0.15, 0.2) is 5.17 Å². The van der Waals surface area contributed by atoms with E-state index in [0.717, 1.165) is 12.3 Å². The van der Waals surface area contributed by atoms with Gasteiger partial charge in [-0.15, -0.1) is 11.3 Å². The van der Waals surface area contributed by atoms with Crippen LogP contribution >= 0.6 is 23.1 Å². The Hall–Kier alpha value is -0.480. The molecule has 2 fully saturated rings. The Kier molecular flexibility index (Phi) is 4.41. The summed E-state index contributed by atoms with van der Waals surface area (Å²) in [4.78, 5) is 6.34. The second kappa shape index (κ2) is 6.10. The molecule has 20 heavy (non-hydrogen) atoms. The molecule has 1 aliphatic heterocycles. The van der Waals surface area contributed by atoms with Crippen molar-refractivity contribution in [2.45, 2.75) is 57.5 Å². The number of nitrogens with one attached hydrogen (secondary N) is 1. The van der Waals surface area contributed by atoms with Gasteiger partial charge in [0.2, 0.25) is 0 Å². The van der Waals surface area contributed by atoms with E-state index in [-0.39, 0.29) is 0 Å². The van der Waals surface area contributed by atoms with E-state index in [9.17, 15) is 0 Å². The number of thioether (sulfide) groups is 1. The summed E-state index contributed by atoms with van der Waals surface area (Å²) in [6, 6.07) is 4.71. The largest absolute Gasteiger partial charge is 0.359 e. The molecule has 0 radical (unpaired) electrons. The first kappa shape index (κ1) is 14.5. The maximum atomic E-state index is 4.90. The van der Waals surface area contributed by atoms with Crippen molar-refractivity contribution in [3.8, 4) is 0 Å². The lowest BCUT2D eigenvalue weighted by Crippen LogP contribution is -2.47. The highest BCUT2D eigenvalue weighted by molar-refractivity contribution is 8.14. The van der Waals surface area contributed by atoms with E-state index >= 15 is 0 Å². The van der Waals surface area contributed by atoms with Gasteiger partial charge in [0.25, 0.3) is 0 Å². The second-order valence-electron chi connectivity index (χ2n) is 6.46. The lowest BCUT2D eigenvalue weighted by molar-refractivity contribution is 0.242. The van der Waals surface area contributed by atoms with E-state index in [0.29, 0.717) is 11.6 Å². The van der Waals surface area contributed by atoms with E-state index in [2.05, 4.69) is 36.7 Å². The van der Waals surface area contributed by atoms with Crippen LogP contribution in [0, 0.1) is 5.92 Å². The predicted molar refractivity (Wildman–Crippen MR) is 90.9 cm³/mol. The molecule has 0 amide bonds. The molecule has 1 saturated heterocycles. The van der Waals surface area contributed by atoms with Crippen molar-refractivity contribution in [1.29, 1.82) is 0 Å². The zero-order chi connectivity index (χ0) is 14.0. The Morgan fingerprint density at radius 3 is 3.20 bits per heavy atom. The van der Waals surface area contributed by atoms with Crippen molar-refractivity contribution in [2.24, 2.45) is 10.9 Å².